The van der Waals surface area contributed by atoms with Crippen molar-refractivity contribution in [3.05, 3.63) is 72.3 Å². The number of esters is 1. The highest BCUT2D eigenvalue weighted by atomic mass is 16.5. The van der Waals surface area contributed by atoms with Gasteiger partial charge in [-0.3, -0.25) is 0 Å². The minimum absolute atomic E-state index is 0.344. The molecule has 3 heteroatoms. The Hall–Kier alpha value is -3.07. The van der Waals surface area contributed by atoms with Crippen LogP contribution in [-0.4, -0.2) is 13.1 Å². The molecular weight excluding hydrogens is 288 g/mol. The lowest BCUT2D eigenvalue weighted by Gasteiger charge is -1.99. The highest BCUT2D eigenvalue weighted by molar-refractivity contribution is 6.04. The molecule has 0 saturated carbocycles. The summed E-state index contributed by atoms with van der Waals surface area (Å²) >= 11 is 0. The van der Waals surface area contributed by atoms with E-state index in [1.54, 1.807) is 0 Å². The molecule has 0 radical (unpaired) electrons. The van der Waals surface area contributed by atoms with Crippen LogP contribution >= 0.6 is 0 Å². The van der Waals surface area contributed by atoms with Crippen LogP contribution in [0.3, 0.4) is 0 Å². The van der Waals surface area contributed by atoms with Crippen molar-refractivity contribution in [2.45, 2.75) is 0 Å². The van der Waals surface area contributed by atoms with Crippen LogP contribution in [0.5, 0.6) is 0 Å². The topological polar surface area (TPSA) is 39.4 Å². The molecule has 2 aliphatic carbocycles. The molecule has 1 aromatic heterocycles. The van der Waals surface area contributed by atoms with Crippen LogP contribution < -0.4 is 0 Å². The van der Waals surface area contributed by atoms with E-state index < -0.39 is 0 Å². The van der Waals surface area contributed by atoms with Gasteiger partial charge in [0.15, 0.2) is 0 Å². The lowest BCUT2D eigenvalue weighted by atomic mass is 10.1. The second kappa shape index (κ2) is 5.29. The van der Waals surface area contributed by atoms with Gasteiger partial charge < -0.3 is 9.15 Å². The third-order valence-corrected chi connectivity index (χ3v) is 4.00. The van der Waals surface area contributed by atoms with Crippen molar-refractivity contribution in [1.29, 1.82) is 0 Å². The number of methoxy groups -OCH3 is 1. The maximum Gasteiger partial charge on any atom is 0.338 e. The van der Waals surface area contributed by atoms with Crippen LogP contribution in [-0.2, 0) is 4.74 Å². The number of benzene rings is 1. The van der Waals surface area contributed by atoms with Gasteiger partial charge in [0, 0.05) is 10.9 Å². The van der Waals surface area contributed by atoms with E-state index in [0.717, 1.165) is 33.4 Å². The van der Waals surface area contributed by atoms with Gasteiger partial charge in [0.25, 0.3) is 0 Å². The van der Waals surface area contributed by atoms with Crippen molar-refractivity contribution in [3.63, 3.8) is 0 Å². The fourth-order valence-electron chi connectivity index (χ4n) is 2.91. The largest absolute Gasteiger partial charge is 0.465 e. The number of carbonyl (C=O) groups excluding carboxylic acids is 1. The Morgan fingerprint density at radius 3 is 2.39 bits per heavy atom. The first-order valence-electron chi connectivity index (χ1n) is 7.37. The third-order valence-electron chi connectivity index (χ3n) is 4.00. The number of furan rings is 1. The summed E-state index contributed by atoms with van der Waals surface area (Å²) in [7, 11) is 1.39. The third kappa shape index (κ3) is 2.18. The second-order valence-corrected chi connectivity index (χ2v) is 5.35. The predicted octanol–water partition coefficient (Wildman–Crippen LogP) is 4.99. The monoisotopic (exact) mass is 302 g/mol. The van der Waals surface area contributed by atoms with Gasteiger partial charge in [-0.25, -0.2) is 4.79 Å². The van der Waals surface area contributed by atoms with Crippen molar-refractivity contribution in [2.24, 2.45) is 0 Å². The lowest BCUT2D eigenvalue weighted by molar-refractivity contribution is 0.0602. The number of hydrogen-bond donors (Lipinski definition) is 0. The molecule has 0 bridgehead atoms. The quantitative estimate of drug-likeness (QED) is 0.490. The number of ether oxygens (including phenoxy) is 1. The van der Waals surface area contributed by atoms with E-state index in [1.165, 1.54) is 7.11 Å². The van der Waals surface area contributed by atoms with Crippen LogP contribution in [0.1, 0.15) is 10.4 Å². The van der Waals surface area contributed by atoms with Crippen molar-refractivity contribution >= 4 is 16.9 Å². The molecule has 2 aliphatic rings. The van der Waals surface area contributed by atoms with Gasteiger partial charge in [0.2, 0.25) is 0 Å². The van der Waals surface area contributed by atoms with E-state index in [0.29, 0.717) is 5.56 Å². The Morgan fingerprint density at radius 1 is 0.870 bits per heavy atom. The summed E-state index contributed by atoms with van der Waals surface area (Å²) in [4.78, 5) is 12.1. The molecule has 0 N–H and O–H groups in total. The van der Waals surface area contributed by atoms with Crippen LogP contribution in [0.15, 0.2) is 71.1 Å². The molecule has 0 unspecified atom stereocenters. The first-order valence-corrected chi connectivity index (χ1v) is 7.37. The van der Waals surface area contributed by atoms with E-state index in [2.05, 4.69) is 0 Å². The van der Waals surface area contributed by atoms with Crippen molar-refractivity contribution in [1.82, 2.24) is 0 Å². The van der Waals surface area contributed by atoms with Gasteiger partial charge >= 0.3 is 5.97 Å². The van der Waals surface area contributed by atoms with E-state index in [9.17, 15) is 4.79 Å². The Kier molecular flexibility index (Phi) is 3.12. The summed E-state index contributed by atoms with van der Waals surface area (Å²) in [6.07, 6.45) is 0. The number of hydrogen-bond acceptors (Lipinski definition) is 3. The molecule has 23 heavy (non-hydrogen) atoms. The smallest absolute Gasteiger partial charge is 0.338 e. The molecule has 4 rings (SSSR count). The molecule has 1 heterocycles. The van der Waals surface area contributed by atoms with Crippen LogP contribution in [0.25, 0.3) is 33.4 Å². The molecule has 112 valence electrons. The molecule has 3 nitrogen and oxygen atoms in total. The first-order chi connectivity index (χ1) is 11.3. The average Bonchev–Trinajstić information content (AvgIpc) is 3.07. The summed E-state index contributed by atoms with van der Waals surface area (Å²) < 4.78 is 10.9. The summed E-state index contributed by atoms with van der Waals surface area (Å²) in [5.74, 6) is 0.404. The standard InChI is InChI=1S/C20H14O3/c1-22-20(21)17-12-16(14-8-3-2-4-9-15(14)17)19-11-13-7-5-6-10-18(13)23-19/h2-12H,1H3. The van der Waals surface area contributed by atoms with Crippen LogP contribution in [0.2, 0.25) is 0 Å². The zero-order chi connectivity index (χ0) is 15.8. The molecule has 2 aromatic rings. The van der Waals surface area contributed by atoms with Gasteiger partial charge in [0.1, 0.15) is 11.3 Å². The fraction of sp³-hybridized carbons (Fsp3) is 0.0500. The summed E-state index contributed by atoms with van der Waals surface area (Å²) in [6, 6.07) is 21.4. The molecule has 0 amide bonds. The van der Waals surface area contributed by atoms with Gasteiger partial charge in [-0.1, -0.05) is 48.5 Å². The Balaban J connectivity index is 1.98. The number of para-hydroxylation sites is 1. The number of rotatable bonds is 2. The summed E-state index contributed by atoms with van der Waals surface area (Å²) in [5.41, 5.74) is 4.10. The second-order valence-electron chi connectivity index (χ2n) is 5.35. The average molecular weight is 302 g/mol. The maximum absolute atomic E-state index is 12.1. The number of fused-ring (bicyclic) bond motifs is 2. The van der Waals surface area contributed by atoms with Crippen LogP contribution in [0.4, 0.5) is 0 Å². The summed E-state index contributed by atoms with van der Waals surface area (Å²) in [5, 5.41) is 1.04. The van der Waals surface area contributed by atoms with E-state index in [-0.39, 0.29) is 5.97 Å². The molecule has 0 saturated heterocycles. The van der Waals surface area contributed by atoms with Crippen molar-refractivity contribution in [2.75, 3.05) is 7.11 Å². The fourth-order valence-corrected chi connectivity index (χ4v) is 2.91. The van der Waals surface area contributed by atoms with Gasteiger partial charge in [-0.05, 0) is 29.3 Å². The van der Waals surface area contributed by atoms with Gasteiger partial charge in [0.05, 0.1) is 12.7 Å². The van der Waals surface area contributed by atoms with E-state index in [1.807, 2.05) is 66.7 Å². The number of carbonyl (C=O) groups is 1. The summed E-state index contributed by atoms with van der Waals surface area (Å²) in [6.45, 7) is 0. The molecular formula is C20H14O3. The van der Waals surface area contributed by atoms with Gasteiger partial charge in [-0.2, -0.15) is 0 Å². The minimum Gasteiger partial charge on any atom is -0.465 e. The SMILES string of the molecule is COC(=O)c1cc(-c2cc3ccccc3o2)c2cccccc1-2. The molecule has 0 atom stereocenters. The predicted molar refractivity (Wildman–Crippen MR) is 89.6 cm³/mol. The van der Waals surface area contributed by atoms with E-state index >= 15 is 0 Å². The highest BCUT2D eigenvalue weighted by Crippen LogP contribution is 2.40. The zero-order valence-corrected chi connectivity index (χ0v) is 12.6. The normalized spacial score (nSPS) is 11.0. The molecule has 0 fully saturated rings. The van der Waals surface area contributed by atoms with Gasteiger partial charge in [-0.15, -0.1) is 0 Å². The maximum atomic E-state index is 12.1. The Bertz CT molecular complexity index is 948. The molecule has 1 aromatic carbocycles. The first kappa shape index (κ1) is 13.6. The highest BCUT2D eigenvalue weighted by Gasteiger charge is 2.22. The molecule has 0 spiro atoms. The minimum atomic E-state index is -0.344. The lowest BCUT2D eigenvalue weighted by Crippen LogP contribution is -1.99. The molecule has 0 aliphatic heterocycles. The Labute approximate surface area is 133 Å². The van der Waals surface area contributed by atoms with Crippen LogP contribution in [0, 0.1) is 0 Å². The van der Waals surface area contributed by atoms with Crippen molar-refractivity contribution in [3.8, 4) is 22.5 Å². The van der Waals surface area contributed by atoms with E-state index in [4.69, 9.17) is 9.15 Å². The Morgan fingerprint density at radius 2 is 1.61 bits per heavy atom. The van der Waals surface area contributed by atoms with Crippen molar-refractivity contribution < 1.29 is 13.9 Å². The zero-order valence-electron chi connectivity index (χ0n) is 12.6.